The Morgan fingerprint density at radius 3 is 2.40 bits per heavy atom. The van der Waals surface area contributed by atoms with Gasteiger partial charge in [0, 0.05) is 19.6 Å². The molecule has 1 aromatic rings. The van der Waals surface area contributed by atoms with Gasteiger partial charge in [-0.3, -0.25) is 9.59 Å². The fourth-order valence-corrected chi connectivity index (χ4v) is 3.55. The summed E-state index contributed by atoms with van der Waals surface area (Å²) in [5, 5.41) is 2.73. The zero-order valence-electron chi connectivity index (χ0n) is 14.5. The van der Waals surface area contributed by atoms with Crippen LogP contribution >= 0.6 is 0 Å². The second-order valence-corrected chi connectivity index (χ2v) is 8.20. The van der Waals surface area contributed by atoms with Crippen molar-refractivity contribution in [1.29, 1.82) is 0 Å². The predicted octanol–water partition coefficient (Wildman–Crippen LogP) is 0.906. The minimum absolute atomic E-state index is 0.299. The summed E-state index contributed by atoms with van der Waals surface area (Å²) in [6.45, 7) is 2.50. The topological polar surface area (TPSA) is 92.8 Å². The molecule has 1 aromatic carbocycles. The van der Waals surface area contributed by atoms with Gasteiger partial charge in [-0.15, -0.1) is 0 Å². The Hall–Kier alpha value is -1.93. The summed E-state index contributed by atoms with van der Waals surface area (Å²) < 4.78 is 29.5. The minimum atomic E-state index is -3.23. The lowest BCUT2D eigenvalue weighted by molar-refractivity contribution is -0.159. The molecular formula is C17H24N2O5S. The molecule has 0 unspecified atom stereocenters. The summed E-state index contributed by atoms with van der Waals surface area (Å²) >= 11 is 0. The quantitative estimate of drug-likeness (QED) is 0.754. The van der Waals surface area contributed by atoms with E-state index in [4.69, 9.17) is 4.74 Å². The second kappa shape index (κ2) is 8.44. The fraction of sp³-hybridized carbons (Fsp3) is 0.529. The Balaban J connectivity index is 1.77. The van der Waals surface area contributed by atoms with Crippen LogP contribution in [0.15, 0.2) is 30.3 Å². The average molecular weight is 368 g/mol. The van der Waals surface area contributed by atoms with E-state index in [1.165, 1.54) is 11.2 Å². The summed E-state index contributed by atoms with van der Waals surface area (Å²) in [4.78, 5) is 24.2. The maximum absolute atomic E-state index is 12.2. The lowest BCUT2D eigenvalue weighted by Crippen LogP contribution is -2.42. The number of rotatable bonds is 6. The number of amides is 1. The standard InChI is InChI=1S/C17H24N2O5S/c1-13(16(20)18-12-14-6-4-3-5-7-14)24-17(21)15-8-10-19(11-9-15)25(2,22)23/h3-7,13,15H,8-12H2,1-2H3,(H,18,20)/t13-/m0/s1. The Kier molecular flexibility index (Phi) is 6.55. The molecule has 0 bridgehead atoms. The Labute approximate surface area is 148 Å². The number of piperidine rings is 1. The number of sulfonamides is 1. The highest BCUT2D eigenvalue weighted by molar-refractivity contribution is 7.88. The van der Waals surface area contributed by atoms with Gasteiger partial charge < -0.3 is 10.1 Å². The number of hydrogen-bond donors (Lipinski definition) is 1. The summed E-state index contributed by atoms with van der Waals surface area (Å²) in [7, 11) is -3.23. The van der Waals surface area contributed by atoms with Crippen molar-refractivity contribution >= 4 is 21.9 Å². The molecule has 1 aliphatic heterocycles. The maximum Gasteiger partial charge on any atom is 0.309 e. The van der Waals surface area contributed by atoms with Gasteiger partial charge >= 0.3 is 5.97 Å². The number of carbonyl (C=O) groups is 2. The van der Waals surface area contributed by atoms with Gasteiger partial charge in [-0.1, -0.05) is 30.3 Å². The Morgan fingerprint density at radius 2 is 1.84 bits per heavy atom. The third-order valence-electron chi connectivity index (χ3n) is 4.23. The molecule has 0 radical (unpaired) electrons. The van der Waals surface area contributed by atoms with Gasteiger partial charge in [-0.05, 0) is 25.3 Å². The van der Waals surface area contributed by atoms with E-state index in [1.807, 2.05) is 30.3 Å². The number of nitrogens with zero attached hydrogens (tertiary/aromatic N) is 1. The summed E-state index contributed by atoms with van der Waals surface area (Å²) in [6.07, 6.45) is 1.09. The molecule has 25 heavy (non-hydrogen) atoms. The fourth-order valence-electron chi connectivity index (χ4n) is 2.68. The van der Waals surface area contributed by atoms with Gasteiger partial charge in [0.05, 0.1) is 12.2 Å². The van der Waals surface area contributed by atoms with Gasteiger partial charge in [0.1, 0.15) is 0 Å². The van der Waals surface area contributed by atoms with Crippen molar-refractivity contribution in [3.63, 3.8) is 0 Å². The molecule has 138 valence electrons. The lowest BCUT2D eigenvalue weighted by atomic mass is 9.98. The lowest BCUT2D eigenvalue weighted by Gasteiger charge is -2.29. The predicted molar refractivity (Wildman–Crippen MR) is 93.0 cm³/mol. The number of benzene rings is 1. The van der Waals surface area contributed by atoms with Crippen LogP contribution in [0.5, 0.6) is 0 Å². The highest BCUT2D eigenvalue weighted by atomic mass is 32.2. The first-order valence-electron chi connectivity index (χ1n) is 8.24. The van der Waals surface area contributed by atoms with Crippen LogP contribution in [0.3, 0.4) is 0 Å². The van der Waals surface area contributed by atoms with E-state index < -0.39 is 22.1 Å². The molecule has 1 aliphatic rings. The van der Waals surface area contributed by atoms with Crippen molar-refractivity contribution in [3.8, 4) is 0 Å². The van der Waals surface area contributed by atoms with E-state index in [-0.39, 0.29) is 11.8 Å². The molecule has 1 saturated heterocycles. The molecule has 2 rings (SSSR count). The molecule has 0 saturated carbocycles. The van der Waals surface area contributed by atoms with Crippen LogP contribution in [0, 0.1) is 5.92 Å². The van der Waals surface area contributed by atoms with E-state index in [0.29, 0.717) is 32.5 Å². The van der Waals surface area contributed by atoms with Crippen LogP contribution in [-0.2, 0) is 30.9 Å². The normalized spacial score (nSPS) is 17.7. The first-order valence-corrected chi connectivity index (χ1v) is 10.1. The molecule has 7 nitrogen and oxygen atoms in total. The zero-order chi connectivity index (χ0) is 18.4. The highest BCUT2D eigenvalue weighted by Gasteiger charge is 2.31. The summed E-state index contributed by atoms with van der Waals surface area (Å²) in [6, 6.07) is 9.45. The third kappa shape index (κ3) is 5.82. The van der Waals surface area contributed by atoms with Crippen molar-refractivity contribution in [1.82, 2.24) is 9.62 Å². The van der Waals surface area contributed by atoms with E-state index in [1.54, 1.807) is 0 Å². The van der Waals surface area contributed by atoms with Crippen molar-refractivity contribution in [2.45, 2.75) is 32.4 Å². The van der Waals surface area contributed by atoms with E-state index in [2.05, 4.69) is 5.32 Å². The molecule has 8 heteroatoms. The van der Waals surface area contributed by atoms with E-state index in [0.717, 1.165) is 11.8 Å². The summed E-state index contributed by atoms with van der Waals surface area (Å²) in [5.41, 5.74) is 0.961. The van der Waals surface area contributed by atoms with Crippen LogP contribution in [0.4, 0.5) is 0 Å². The minimum Gasteiger partial charge on any atom is -0.452 e. The monoisotopic (exact) mass is 368 g/mol. The zero-order valence-corrected chi connectivity index (χ0v) is 15.3. The Morgan fingerprint density at radius 1 is 1.24 bits per heavy atom. The van der Waals surface area contributed by atoms with Crippen LogP contribution in [0.2, 0.25) is 0 Å². The first kappa shape index (κ1) is 19.4. The molecule has 1 fully saturated rings. The number of hydrogen-bond acceptors (Lipinski definition) is 5. The molecule has 1 N–H and O–H groups in total. The van der Waals surface area contributed by atoms with Crippen molar-refractivity contribution < 1.29 is 22.7 Å². The van der Waals surface area contributed by atoms with Crippen molar-refractivity contribution in [3.05, 3.63) is 35.9 Å². The molecule has 1 heterocycles. The molecular weight excluding hydrogens is 344 g/mol. The van der Waals surface area contributed by atoms with E-state index >= 15 is 0 Å². The van der Waals surface area contributed by atoms with Gasteiger partial charge in [0.15, 0.2) is 6.10 Å². The summed E-state index contributed by atoms with van der Waals surface area (Å²) in [5.74, 6) is -1.18. The van der Waals surface area contributed by atoms with Crippen LogP contribution in [0.1, 0.15) is 25.3 Å². The van der Waals surface area contributed by atoms with Crippen LogP contribution < -0.4 is 5.32 Å². The van der Waals surface area contributed by atoms with Gasteiger partial charge in [-0.2, -0.15) is 0 Å². The number of carbonyl (C=O) groups excluding carboxylic acids is 2. The van der Waals surface area contributed by atoms with Gasteiger partial charge in [0.2, 0.25) is 10.0 Å². The smallest absolute Gasteiger partial charge is 0.309 e. The molecule has 1 amide bonds. The first-order chi connectivity index (χ1) is 11.8. The van der Waals surface area contributed by atoms with Crippen molar-refractivity contribution in [2.24, 2.45) is 5.92 Å². The van der Waals surface area contributed by atoms with Crippen LogP contribution in [0.25, 0.3) is 0 Å². The largest absolute Gasteiger partial charge is 0.452 e. The number of nitrogens with one attached hydrogen (secondary N) is 1. The third-order valence-corrected chi connectivity index (χ3v) is 5.53. The second-order valence-electron chi connectivity index (χ2n) is 6.22. The van der Waals surface area contributed by atoms with Crippen LogP contribution in [-0.4, -0.2) is 50.0 Å². The van der Waals surface area contributed by atoms with Crippen molar-refractivity contribution in [2.75, 3.05) is 19.3 Å². The average Bonchev–Trinajstić information content (AvgIpc) is 2.59. The van der Waals surface area contributed by atoms with Gasteiger partial charge in [0.25, 0.3) is 5.91 Å². The highest BCUT2D eigenvalue weighted by Crippen LogP contribution is 2.21. The Bertz CT molecular complexity index is 697. The number of esters is 1. The maximum atomic E-state index is 12.2. The number of ether oxygens (including phenoxy) is 1. The SMILES string of the molecule is C[C@H](OC(=O)C1CCN(S(C)(=O)=O)CC1)C(=O)NCc1ccccc1. The van der Waals surface area contributed by atoms with Gasteiger partial charge in [-0.25, -0.2) is 12.7 Å². The molecule has 0 aromatic heterocycles. The molecule has 1 atom stereocenters. The molecule has 0 spiro atoms. The van der Waals surface area contributed by atoms with E-state index in [9.17, 15) is 18.0 Å². The molecule has 0 aliphatic carbocycles.